The third kappa shape index (κ3) is 4.10. The molecule has 1 heterocycles. The molecule has 0 N–H and O–H groups in total. The first-order chi connectivity index (χ1) is 14.8. The van der Waals surface area contributed by atoms with Gasteiger partial charge < -0.3 is 0 Å². The number of rotatable bonds is 6. The number of sulfonamides is 1. The predicted octanol–water partition coefficient (Wildman–Crippen LogP) is 5.70. The Morgan fingerprint density at radius 2 is 1.48 bits per heavy atom. The summed E-state index contributed by atoms with van der Waals surface area (Å²) in [4.78, 5) is 0.432. The second-order valence-electron chi connectivity index (χ2n) is 8.55. The quantitative estimate of drug-likeness (QED) is 0.502. The molecule has 3 aromatic rings. The number of benzene rings is 3. The smallest absolute Gasteiger partial charge is 0.207 e. The summed E-state index contributed by atoms with van der Waals surface area (Å²) in [5.41, 5.74) is 5.66. The standard InChI is InChI=1S/C27H29NO2S/c1-19-15-20(2)27(21(3)16-19)31(29,30)28-25(17-23-11-7-5-8-12-23)18-26(28)22(4)24-13-9-6-10-14-24/h5-16,25-26H,4,17-18H2,1-3H3/t25-,26-/m0/s1. The van der Waals surface area contributed by atoms with Crippen molar-refractivity contribution in [2.45, 2.75) is 50.6 Å². The molecule has 0 radical (unpaired) electrons. The summed E-state index contributed by atoms with van der Waals surface area (Å²) in [7, 11) is -3.68. The highest BCUT2D eigenvalue weighted by Gasteiger charge is 2.48. The summed E-state index contributed by atoms with van der Waals surface area (Å²) in [6.07, 6.45) is 1.47. The lowest BCUT2D eigenvalue weighted by molar-refractivity contribution is 0.151. The monoisotopic (exact) mass is 431 g/mol. The maximum atomic E-state index is 14.0. The first-order valence-corrected chi connectivity index (χ1v) is 12.1. The SMILES string of the molecule is C=C(c1ccccc1)[C@@H]1C[C@H](Cc2ccccc2)N1S(=O)(=O)c1c(C)cc(C)cc1C. The van der Waals surface area contributed by atoms with Crippen LogP contribution in [0, 0.1) is 20.8 Å². The van der Waals surface area contributed by atoms with Gasteiger partial charge in [-0.3, -0.25) is 0 Å². The van der Waals surface area contributed by atoms with E-state index in [0.29, 0.717) is 11.3 Å². The first kappa shape index (κ1) is 21.5. The number of aryl methyl sites for hydroxylation is 3. The fourth-order valence-corrected chi connectivity index (χ4v) is 7.07. The van der Waals surface area contributed by atoms with Crippen molar-refractivity contribution < 1.29 is 8.42 Å². The predicted molar refractivity (Wildman–Crippen MR) is 127 cm³/mol. The van der Waals surface area contributed by atoms with E-state index in [-0.39, 0.29) is 12.1 Å². The van der Waals surface area contributed by atoms with Crippen LogP contribution in [0.5, 0.6) is 0 Å². The molecule has 1 aliphatic rings. The summed E-state index contributed by atoms with van der Waals surface area (Å²) >= 11 is 0. The van der Waals surface area contributed by atoms with Crippen LogP contribution in [-0.2, 0) is 16.4 Å². The van der Waals surface area contributed by atoms with Crippen LogP contribution in [0.15, 0.2) is 84.3 Å². The largest absolute Gasteiger partial charge is 0.244 e. The van der Waals surface area contributed by atoms with Crippen molar-refractivity contribution in [3.8, 4) is 0 Å². The van der Waals surface area contributed by atoms with Gasteiger partial charge in [0.05, 0.1) is 10.9 Å². The third-order valence-electron chi connectivity index (χ3n) is 6.16. The van der Waals surface area contributed by atoms with Crippen LogP contribution in [0.2, 0.25) is 0 Å². The number of nitrogens with zero attached hydrogens (tertiary/aromatic N) is 1. The Hall–Kier alpha value is -2.69. The molecule has 0 aliphatic carbocycles. The Labute approximate surface area is 186 Å². The molecule has 31 heavy (non-hydrogen) atoms. The minimum atomic E-state index is -3.68. The fraction of sp³-hybridized carbons (Fsp3) is 0.259. The van der Waals surface area contributed by atoms with E-state index >= 15 is 0 Å². The number of hydrogen-bond acceptors (Lipinski definition) is 2. The molecule has 160 valence electrons. The van der Waals surface area contributed by atoms with Gasteiger partial charge in [0, 0.05) is 6.04 Å². The van der Waals surface area contributed by atoms with E-state index in [2.05, 4.69) is 18.7 Å². The highest BCUT2D eigenvalue weighted by atomic mass is 32.2. The molecule has 1 saturated heterocycles. The first-order valence-electron chi connectivity index (χ1n) is 10.7. The van der Waals surface area contributed by atoms with Crippen LogP contribution in [0.4, 0.5) is 0 Å². The van der Waals surface area contributed by atoms with Crippen LogP contribution < -0.4 is 0 Å². The molecule has 1 aliphatic heterocycles. The van der Waals surface area contributed by atoms with Crippen LogP contribution >= 0.6 is 0 Å². The molecule has 2 atom stereocenters. The molecular formula is C27H29NO2S. The topological polar surface area (TPSA) is 37.4 Å². The molecule has 0 aromatic heterocycles. The summed E-state index contributed by atoms with van der Waals surface area (Å²) in [5, 5.41) is 0. The average molecular weight is 432 g/mol. The van der Waals surface area contributed by atoms with E-state index in [1.165, 1.54) is 0 Å². The molecule has 0 bridgehead atoms. The lowest BCUT2D eigenvalue weighted by atomic mass is 9.85. The maximum absolute atomic E-state index is 14.0. The van der Waals surface area contributed by atoms with Crippen molar-refractivity contribution >= 4 is 15.6 Å². The minimum Gasteiger partial charge on any atom is -0.207 e. The summed E-state index contributed by atoms with van der Waals surface area (Å²) in [6, 6.07) is 23.6. The van der Waals surface area contributed by atoms with Crippen LogP contribution in [-0.4, -0.2) is 24.8 Å². The second kappa shape index (κ2) is 8.45. The van der Waals surface area contributed by atoms with E-state index in [0.717, 1.165) is 39.8 Å². The molecule has 4 rings (SSSR count). The van der Waals surface area contributed by atoms with Gasteiger partial charge in [0.25, 0.3) is 0 Å². The van der Waals surface area contributed by atoms with Crippen molar-refractivity contribution in [3.05, 3.63) is 107 Å². The normalized spacial score (nSPS) is 19.1. The third-order valence-corrected chi connectivity index (χ3v) is 8.43. The van der Waals surface area contributed by atoms with Crippen LogP contribution in [0.1, 0.15) is 34.2 Å². The van der Waals surface area contributed by atoms with Gasteiger partial charge in [-0.05, 0) is 61.4 Å². The summed E-state index contributed by atoms with van der Waals surface area (Å²) in [5.74, 6) is 0. The van der Waals surface area contributed by atoms with Crippen LogP contribution in [0.25, 0.3) is 5.57 Å². The van der Waals surface area contributed by atoms with Gasteiger partial charge in [-0.25, -0.2) is 8.42 Å². The van der Waals surface area contributed by atoms with Gasteiger partial charge in [-0.1, -0.05) is 84.9 Å². The second-order valence-corrected chi connectivity index (χ2v) is 10.3. The van der Waals surface area contributed by atoms with Gasteiger partial charge in [0.2, 0.25) is 10.0 Å². The zero-order valence-corrected chi connectivity index (χ0v) is 19.2. The highest BCUT2D eigenvalue weighted by Crippen LogP contribution is 2.42. The van der Waals surface area contributed by atoms with Gasteiger partial charge in [0.1, 0.15) is 0 Å². The van der Waals surface area contributed by atoms with Crippen molar-refractivity contribution in [2.24, 2.45) is 0 Å². The van der Waals surface area contributed by atoms with Crippen LogP contribution in [0.3, 0.4) is 0 Å². The average Bonchev–Trinajstić information content (AvgIpc) is 2.70. The molecule has 0 amide bonds. The molecule has 3 aromatic carbocycles. The molecule has 0 spiro atoms. The van der Waals surface area contributed by atoms with E-state index in [1.807, 2.05) is 81.4 Å². The Morgan fingerprint density at radius 3 is 2.06 bits per heavy atom. The van der Waals surface area contributed by atoms with E-state index in [9.17, 15) is 8.42 Å². The zero-order valence-electron chi connectivity index (χ0n) is 18.4. The van der Waals surface area contributed by atoms with Gasteiger partial charge in [-0.15, -0.1) is 0 Å². The summed E-state index contributed by atoms with van der Waals surface area (Å²) < 4.78 is 29.7. The minimum absolute atomic E-state index is 0.0852. The van der Waals surface area contributed by atoms with Gasteiger partial charge >= 0.3 is 0 Å². The fourth-order valence-electron chi connectivity index (χ4n) is 4.82. The Balaban J connectivity index is 1.74. The van der Waals surface area contributed by atoms with Gasteiger partial charge in [0.15, 0.2) is 0 Å². The Bertz CT molecular complexity index is 1180. The van der Waals surface area contributed by atoms with Crippen molar-refractivity contribution in [1.82, 2.24) is 4.31 Å². The van der Waals surface area contributed by atoms with E-state index in [1.54, 1.807) is 4.31 Å². The highest BCUT2D eigenvalue weighted by molar-refractivity contribution is 7.89. The van der Waals surface area contributed by atoms with E-state index < -0.39 is 10.0 Å². The molecule has 0 saturated carbocycles. The van der Waals surface area contributed by atoms with E-state index in [4.69, 9.17) is 0 Å². The van der Waals surface area contributed by atoms with Crippen molar-refractivity contribution in [3.63, 3.8) is 0 Å². The molecule has 4 heteroatoms. The lowest BCUT2D eigenvalue weighted by Crippen LogP contribution is -2.59. The molecular weight excluding hydrogens is 402 g/mol. The molecule has 0 unspecified atom stereocenters. The lowest BCUT2D eigenvalue weighted by Gasteiger charge is -2.48. The molecule has 1 fully saturated rings. The maximum Gasteiger partial charge on any atom is 0.244 e. The van der Waals surface area contributed by atoms with Crippen molar-refractivity contribution in [1.29, 1.82) is 0 Å². The Kier molecular flexibility index (Phi) is 5.87. The van der Waals surface area contributed by atoms with Gasteiger partial charge in [-0.2, -0.15) is 4.31 Å². The van der Waals surface area contributed by atoms with Crippen molar-refractivity contribution in [2.75, 3.05) is 0 Å². The zero-order chi connectivity index (χ0) is 22.2. The molecule has 3 nitrogen and oxygen atoms in total. The Morgan fingerprint density at radius 1 is 0.935 bits per heavy atom. The number of hydrogen-bond donors (Lipinski definition) is 0. The summed E-state index contributed by atoms with van der Waals surface area (Å²) in [6.45, 7) is 10.1.